The van der Waals surface area contributed by atoms with E-state index in [9.17, 15) is 9.59 Å². The molecule has 1 N–H and O–H groups in total. The van der Waals surface area contributed by atoms with Gasteiger partial charge in [-0.15, -0.1) is 0 Å². The van der Waals surface area contributed by atoms with Crippen molar-refractivity contribution in [3.8, 4) is 0 Å². The molecule has 0 spiro atoms. The molecular weight excluding hydrogens is 294 g/mol. The van der Waals surface area contributed by atoms with E-state index in [4.69, 9.17) is 9.47 Å². The molecule has 0 radical (unpaired) electrons. The van der Waals surface area contributed by atoms with Gasteiger partial charge < -0.3 is 14.8 Å². The van der Waals surface area contributed by atoms with Crippen molar-refractivity contribution in [2.24, 2.45) is 16.7 Å². The molecule has 136 valence electrons. The highest BCUT2D eigenvalue weighted by Gasteiger charge is 2.36. The zero-order valence-corrected chi connectivity index (χ0v) is 16.0. The molecule has 5 heteroatoms. The van der Waals surface area contributed by atoms with E-state index in [0.29, 0.717) is 32.8 Å². The first-order chi connectivity index (χ1) is 10.7. The SMILES string of the molecule is CCC(C)(COCC(C)(CC)C(=O)C(C)C)C(=O)NCCOC. The fourth-order valence-electron chi connectivity index (χ4n) is 2.35. The highest BCUT2D eigenvalue weighted by Crippen LogP contribution is 2.29. The molecule has 2 atom stereocenters. The lowest BCUT2D eigenvalue weighted by Crippen LogP contribution is -2.44. The van der Waals surface area contributed by atoms with Crippen molar-refractivity contribution in [1.29, 1.82) is 0 Å². The first-order valence-corrected chi connectivity index (χ1v) is 8.56. The number of ketones is 1. The molecule has 0 aromatic rings. The third-order valence-corrected chi connectivity index (χ3v) is 4.66. The van der Waals surface area contributed by atoms with Gasteiger partial charge in [0.05, 0.1) is 25.2 Å². The summed E-state index contributed by atoms with van der Waals surface area (Å²) in [5.74, 6) is 0.159. The maximum Gasteiger partial charge on any atom is 0.228 e. The first kappa shape index (κ1) is 22.1. The number of ether oxygens (including phenoxy) is 2. The van der Waals surface area contributed by atoms with Gasteiger partial charge in [-0.1, -0.05) is 34.6 Å². The zero-order chi connectivity index (χ0) is 18.1. The van der Waals surface area contributed by atoms with Crippen molar-refractivity contribution in [2.45, 2.75) is 54.4 Å². The van der Waals surface area contributed by atoms with E-state index < -0.39 is 10.8 Å². The van der Waals surface area contributed by atoms with Crippen LogP contribution in [-0.2, 0) is 19.1 Å². The number of carbonyl (C=O) groups is 2. The Morgan fingerprint density at radius 2 is 1.57 bits per heavy atom. The van der Waals surface area contributed by atoms with Gasteiger partial charge in [-0.05, 0) is 19.8 Å². The minimum atomic E-state index is -0.594. The second kappa shape index (κ2) is 10.0. The molecule has 1 amide bonds. The van der Waals surface area contributed by atoms with E-state index in [-0.39, 0.29) is 17.6 Å². The minimum Gasteiger partial charge on any atom is -0.383 e. The van der Waals surface area contributed by atoms with Crippen LogP contribution in [0.1, 0.15) is 54.4 Å². The predicted octanol–water partition coefficient (Wildman–Crippen LogP) is 2.82. The van der Waals surface area contributed by atoms with Crippen molar-refractivity contribution >= 4 is 11.7 Å². The highest BCUT2D eigenvalue weighted by molar-refractivity contribution is 5.86. The largest absolute Gasteiger partial charge is 0.383 e. The van der Waals surface area contributed by atoms with Crippen molar-refractivity contribution in [2.75, 3.05) is 33.5 Å². The van der Waals surface area contributed by atoms with Gasteiger partial charge >= 0.3 is 0 Å². The van der Waals surface area contributed by atoms with Crippen molar-refractivity contribution in [1.82, 2.24) is 5.32 Å². The normalized spacial score (nSPS) is 16.7. The molecule has 0 rings (SSSR count). The Bertz CT molecular complexity index is 383. The van der Waals surface area contributed by atoms with Gasteiger partial charge in [0.2, 0.25) is 5.91 Å². The molecular formula is C18H35NO4. The topological polar surface area (TPSA) is 64.6 Å². The monoisotopic (exact) mass is 329 g/mol. The van der Waals surface area contributed by atoms with Crippen LogP contribution >= 0.6 is 0 Å². The Morgan fingerprint density at radius 1 is 1.04 bits per heavy atom. The van der Waals surface area contributed by atoms with Crippen LogP contribution in [-0.4, -0.2) is 45.2 Å². The van der Waals surface area contributed by atoms with Crippen LogP contribution in [0.15, 0.2) is 0 Å². The Hall–Kier alpha value is -0.940. The third-order valence-electron chi connectivity index (χ3n) is 4.66. The zero-order valence-electron chi connectivity index (χ0n) is 16.0. The number of nitrogens with one attached hydrogen (secondary N) is 1. The molecule has 0 aliphatic heterocycles. The standard InChI is InChI=1S/C18H35NO4/c1-8-17(5,15(20)14(3)4)12-23-13-18(6,9-2)16(21)19-10-11-22-7/h14H,8-13H2,1-7H3,(H,19,21). The van der Waals surface area contributed by atoms with Gasteiger partial charge in [0, 0.05) is 25.0 Å². The van der Waals surface area contributed by atoms with Crippen LogP contribution in [0.5, 0.6) is 0 Å². The van der Waals surface area contributed by atoms with E-state index in [1.54, 1.807) is 7.11 Å². The first-order valence-electron chi connectivity index (χ1n) is 8.56. The van der Waals surface area contributed by atoms with Gasteiger partial charge in [-0.2, -0.15) is 0 Å². The van der Waals surface area contributed by atoms with Crippen LogP contribution in [0, 0.1) is 16.7 Å². The maximum absolute atomic E-state index is 12.4. The van der Waals surface area contributed by atoms with Crippen LogP contribution in [0.3, 0.4) is 0 Å². The van der Waals surface area contributed by atoms with Crippen molar-refractivity contribution < 1.29 is 19.1 Å². The van der Waals surface area contributed by atoms with E-state index >= 15 is 0 Å². The summed E-state index contributed by atoms with van der Waals surface area (Å²) in [6, 6.07) is 0. The Kier molecular flexibility index (Phi) is 9.63. The quantitative estimate of drug-likeness (QED) is 0.559. The summed E-state index contributed by atoms with van der Waals surface area (Å²) < 4.78 is 10.8. The average Bonchev–Trinajstić information content (AvgIpc) is 2.53. The molecule has 23 heavy (non-hydrogen) atoms. The smallest absolute Gasteiger partial charge is 0.228 e. The molecule has 0 fully saturated rings. The molecule has 2 unspecified atom stereocenters. The summed E-state index contributed by atoms with van der Waals surface area (Å²) in [6.07, 6.45) is 1.40. The number of Topliss-reactive ketones (excluding diaryl/α,β-unsaturated/α-hetero) is 1. The second-order valence-corrected chi connectivity index (χ2v) is 7.09. The van der Waals surface area contributed by atoms with Gasteiger partial charge in [0.25, 0.3) is 0 Å². The van der Waals surface area contributed by atoms with E-state index in [1.807, 2.05) is 41.5 Å². The number of methoxy groups -OCH3 is 1. The van der Waals surface area contributed by atoms with Crippen LogP contribution < -0.4 is 5.32 Å². The average molecular weight is 329 g/mol. The molecule has 0 saturated heterocycles. The summed E-state index contributed by atoms with van der Waals surface area (Å²) in [7, 11) is 1.60. The summed E-state index contributed by atoms with van der Waals surface area (Å²) in [5, 5.41) is 2.87. The second-order valence-electron chi connectivity index (χ2n) is 7.09. The summed E-state index contributed by atoms with van der Waals surface area (Å²) in [6.45, 7) is 13.3. The molecule has 0 aromatic heterocycles. The van der Waals surface area contributed by atoms with Crippen molar-refractivity contribution in [3.05, 3.63) is 0 Å². The van der Waals surface area contributed by atoms with Crippen molar-refractivity contribution in [3.63, 3.8) is 0 Å². The Balaban J connectivity index is 4.65. The van der Waals surface area contributed by atoms with Gasteiger partial charge in [-0.3, -0.25) is 9.59 Å². The fraction of sp³-hybridized carbons (Fsp3) is 0.889. The molecule has 0 aliphatic carbocycles. The van der Waals surface area contributed by atoms with Gasteiger partial charge in [0.15, 0.2) is 0 Å². The van der Waals surface area contributed by atoms with Crippen LogP contribution in [0.25, 0.3) is 0 Å². The lowest BCUT2D eigenvalue weighted by molar-refractivity contribution is -0.139. The third kappa shape index (κ3) is 6.60. The van der Waals surface area contributed by atoms with Gasteiger partial charge in [0.1, 0.15) is 5.78 Å². The fourth-order valence-corrected chi connectivity index (χ4v) is 2.35. The van der Waals surface area contributed by atoms with Crippen LogP contribution in [0.2, 0.25) is 0 Å². The van der Waals surface area contributed by atoms with E-state index in [0.717, 1.165) is 6.42 Å². The van der Waals surface area contributed by atoms with E-state index in [2.05, 4.69) is 5.32 Å². The van der Waals surface area contributed by atoms with E-state index in [1.165, 1.54) is 0 Å². The highest BCUT2D eigenvalue weighted by atomic mass is 16.5. The summed E-state index contributed by atoms with van der Waals surface area (Å²) in [5.41, 5.74) is -1.08. The number of hydrogen-bond acceptors (Lipinski definition) is 4. The number of carbonyl (C=O) groups excluding carboxylic acids is 2. The molecule has 0 aromatic carbocycles. The summed E-state index contributed by atoms with van der Waals surface area (Å²) in [4.78, 5) is 24.7. The lowest BCUT2D eigenvalue weighted by atomic mass is 9.79. The van der Waals surface area contributed by atoms with Gasteiger partial charge in [-0.25, -0.2) is 0 Å². The number of hydrogen-bond donors (Lipinski definition) is 1. The lowest BCUT2D eigenvalue weighted by Gasteiger charge is -2.32. The number of amides is 1. The molecule has 0 saturated carbocycles. The summed E-state index contributed by atoms with van der Waals surface area (Å²) >= 11 is 0. The molecule has 5 nitrogen and oxygen atoms in total. The Morgan fingerprint density at radius 3 is 2.00 bits per heavy atom. The van der Waals surface area contributed by atoms with Crippen LogP contribution in [0.4, 0.5) is 0 Å². The molecule has 0 bridgehead atoms. The predicted molar refractivity (Wildman–Crippen MR) is 92.3 cm³/mol. The number of rotatable bonds is 12. The Labute approximate surface area is 141 Å². The molecule has 0 heterocycles. The maximum atomic E-state index is 12.4. The molecule has 0 aliphatic rings. The minimum absolute atomic E-state index is 0.0153.